The molecule has 31 heavy (non-hydrogen) atoms. The van der Waals surface area contributed by atoms with Crippen LogP contribution in [-0.2, 0) is 5.41 Å². The molecule has 1 saturated heterocycles. The van der Waals surface area contributed by atoms with Crippen molar-refractivity contribution in [3.8, 4) is 11.5 Å². The number of hydrogen-bond acceptors (Lipinski definition) is 6. The number of methoxy groups -OCH3 is 2. The number of amides is 2. The Morgan fingerprint density at radius 3 is 2.68 bits per heavy atom. The first-order chi connectivity index (χ1) is 15.1. The predicted octanol–water partition coefficient (Wildman–Crippen LogP) is 3.40. The fraction of sp³-hybridized carbons (Fsp3) is 0.435. The predicted molar refractivity (Wildman–Crippen MR) is 120 cm³/mol. The lowest BCUT2D eigenvalue weighted by atomic mass is 9.65. The third-order valence-corrected chi connectivity index (χ3v) is 6.58. The molecule has 0 unspecified atom stereocenters. The molecule has 2 heterocycles. The van der Waals surface area contributed by atoms with Crippen LogP contribution in [0.4, 0.5) is 10.5 Å². The molecule has 8 nitrogen and oxygen atoms in total. The molecule has 1 aromatic carbocycles. The number of likely N-dealkylation sites (N-methyl/N-ethyl adjacent to an activating group) is 1. The summed E-state index contributed by atoms with van der Waals surface area (Å²) in [6.45, 7) is 1.03. The molecule has 1 saturated carbocycles. The van der Waals surface area contributed by atoms with Crippen LogP contribution in [0.2, 0.25) is 0 Å². The Hall–Kier alpha value is -3.13. The van der Waals surface area contributed by atoms with E-state index in [2.05, 4.69) is 44.9 Å². The third-order valence-electron chi connectivity index (χ3n) is 6.58. The SMILES string of the molecule is COc1ccc([C@@]23CCC(=NNC(=O)Nc4ccncc4)C[C@@H]2N(C)CC3)cc1OC. The van der Waals surface area contributed by atoms with Gasteiger partial charge in [-0.05, 0) is 62.7 Å². The van der Waals surface area contributed by atoms with Crippen LogP contribution in [-0.4, -0.2) is 55.5 Å². The number of hydrogen-bond donors (Lipinski definition) is 2. The number of fused-ring (bicyclic) bond motifs is 1. The van der Waals surface area contributed by atoms with E-state index >= 15 is 0 Å². The lowest BCUT2D eigenvalue weighted by Crippen LogP contribution is -2.46. The Labute approximate surface area is 182 Å². The van der Waals surface area contributed by atoms with Crippen molar-refractivity contribution < 1.29 is 14.3 Å². The van der Waals surface area contributed by atoms with Crippen LogP contribution in [0.25, 0.3) is 0 Å². The first-order valence-corrected chi connectivity index (χ1v) is 10.5. The van der Waals surface area contributed by atoms with Crippen molar-refractivity contribution in [1.82, 2.24) is 15.3 Å². The summed E-state index contributed by atoms with van der Waals surface area (Å²) in [6, 6.07) is 9.71. The minimum Gasteiger partial charge on any atom is -0.493 e. The maximum Gasteiger partial charge on any atom is 0.339 e. The zero-order chi connectivity index (χ0) is 21.8. The van der Waals surface area contributed by atoms with Crippen molar-refractivity contribution in [3.05, 3.63) is 48.3 Å². The van der Waals surface area contributed by atoms with Crippen LogP contribution in [0.3, 0.4) is 0 Å². The number of anilines is 1. The van der Waals surface area contributed by atoms with Crippen molar-refractivity contribution >= 4 is 17.4 Å². The topological polar surface area (TPSA) is 88.1 Å². The number of aromatic nitrogens is 1. The minimum atomic E-state index is -0.352. The summed E-state index contributed by atoms with van der Waals surface area (Å²) in [4.78, 5) is 18.5. The molecule has 0 bridgehead atoms. The number of benzene rings is 1. The number of carbonyl (C=O) groups is 1. The van der Waals surface area contributed by atoms with Crippen LogP contribution in [0.15, 0.2) is 47.8 Å². The van der Waals surface area contributed by atoms with Gasteiger partial charge < -0.3 is 19.7 Å². The lowest BCUT2D eigenvalue weighted by molar-refractivity contribution is 0.225. The Kier molecular flexibility index (Phi) is 6.08. The maximum absolute atomic E-state index is 12.2. The van der Waals surface area contributed by atoms with Gasteiger partial charge in [-0.25, -0.2) is 10.2 Å². The summed E-state index contributed by atoms with van der Waals surface area (Å²) in [5, 5.41) is 7.19. The highest BCUT2D eigenvalue weighted by Gasteiger charge is 2.49. The summed E-state index contributed by atoms with van der Waals surface area (Å²) in [6.07, 6.45) is 6.99. The average Bonchev–Trinajstić information content (AvgIpc) is 3.15. The van der Waals surface area contributed by atoms with Gasteiger partial charge in [0.1, 0.15) is 0 Å². The molecule has 2 amide bonds. The Balaban J connectivity index is 1.49. The number of likely N-dealkylation sites (tertiary alicyclic amines) is 1. The second kappa shape index (κ2) is 8.93. The highest BCUT2D eigenvalue weighted by Crippen LogP contribution is 2.49. The van der Waals surface area contributed by atoms with E-state index in [0.29, 0.717) is 11.7 Å². The summed E-state index contributed by atoms with van der Waals surface area (Å²) in [5.74, 6) is 1.50. The number of rotatable bonds is 5. The molecule has 2 fully saturated rings. The number of nitrogens with one attached hydrogen (secondary N) is 2. The summed E-state index contributed by atoms with van der Waals surface area (Å²) < 4.78 is 11.0. The smallest absolute Gasteiger partial charge is 0.339 e. The Morgan fingerprint density at radius 2 is 1.94 bits per heavy atom. The van der Waals surface area contributed by atoms with Gasteiger partial charge in [-0.15, -0.1) is 0 Å². The van der Waals surface area contributed by atoms with Crippen molar-refractivity contribution in [2.45, 2.75) is 37.1 Å². The van der Waals surface area contributed by atoms with Gasteiger partial charge in [-0.1, -0.05) is 6.07 Å². The molecule has 2 aromatic rings. The van der Waals surface area contributed by atoms with Crippen LogP contribution < -0.4 is 20.2 Å². The second-order valence-electron chi connectivity index (χ2n) is 8.16. The van der Waals surface area contributed by atoms with Gasteiger partial charge in [0.2, 0.25) is 0 Å². The minimum absolute atomic E-state index is 0.0482. The van der Waals surface area contributed by atoms with Gasteiger partial charge in [0, 0.05) is 41.7 Å². The standard InChI is InChI=1S/C23H29N5O3/c1-28-13-10-23(16-4-5-19(30-2)20(14-16)31-3)9-6-18(15-21(23)28)26-27-22(29)25-17-7-11-24-12-8-17/h4-5,7-8,11-12,14,21H,6,9-10,13,15H2,1-3H3,(H2,24,25,27,29)/t21-,23-/m0/s1. The van der Waals surface area contributed by atoms with E-state index in [1.54, 1.807) is 38.7 Å². The van der Waals surface area contributed by atoms with E-state index in [-0.39, 0.29) is 11.4 Å². The van der Waals surface area contributed by atoms with Gasteiger partial charge >= 0.3 is 6.03 Å². The molecule has 1 aliphatic heterocycles. The van der Waals surface area contributed by atoms with Gasteiger partial charge in [-0.3, -0.25) is 4.98 Å². The number of ether oxygens (including phenoxy) is 2. The zero-order valence-corrected chi connectivity index (χ0v) is 18.2. The molecule has 164 valence electrons. The quantitative estimate of drug-likeness (QED) is 0.720. The number of urea groups is 1. The number of carbonyl (C=O) groups excluding carboxylic acids is 1. The van der Waals surface area contributed by atoms with Crippen LogP contribution in [0, 0.1) is 0 Å². The zero-order valence-electron chi connectivity index (χ0n) is 18.2. The van der Waals surface area contributed by atoms with E-state index in [1.165, 1.54) is 5.56 Å². The molecule has 0 radical (unpaired) electrons. The third kappa shape index (κ3) is 4.20. The van der Waals surface area contributed by atoms with Crippen LogP contribution in [0.1, 0.15) is 31.2 Å². The van der Waals surface area contributed by atoms with E-state index in [0.717, 1.165) is 49.4 Å². The van der Waals surface area contributed by atoms with E-state index in [1.807, 2.05) is 6.07 Å². The largest absolute Gasteiger partial charge is 0.493 e. The van der Waals surface area contributed by atoms with Crippen molar-refractivity contribution in [2.24, 2.45) is 5.10 Å². The summed E-state index contributed by atoms with van der Waals surface area (Å²) in [5.41, 5.74) is 5.67. The number of hydrazone groups is 1. The molecular weight excluding hydrogens is 394 g/mol. The Morgan fingerprint density at radius 1 is 1.16 bits per heavy atom. The first-order valence-electron chi connectivity index (χ1n) is 10.5. The highest BCUT2D eigenvalue weighted by atomic mass is 16.5. The second-order valence-corrected chi connectivity index (χ2v) is 8.16. The van der Waals surface area contributed by atoms with Crippen LogP contribution >= 0.6 is 0 Å². The van der Waals surface area contributed by atoms with Crippen LogP contribution in [0.5, 0.6) is 11.5 Å². The normalized spacial score (nSPS) is 24.5. The highest BCUT2D eigenvalue weighted by molar-refractivity contribution is 5.92. The fourth-order valence-electron chi connectivity index (χ4n) is 4.91. The monoisotopic (exact) mass is 423 g/mol. The van der Waals surface area contributed by atoms with E-state index in [4.69, 9.17) is 9.47 Å². The molecule has 8 heteroatoms. The first kappa shape index (κ1) is 21.1. The molecule has 0 spiro atoms. The molecule has 2 N–H and O–H groups in total. The van der Waals surface area contributed by atoms with Crippen molar-refractivity contribution in [3.63, 3.8) is 0 Å². The summed E-state index contributed by atoms with van der Waals surface area (Å²) in [7, 11) is 5.49. The maximum atomic E-state index is 12.2. The summed E-state index contributed by atoms with van der Waals surface area (Å²) >= 11 is 0. The Bertz CT molecular complexity index is 965. The number of nitrogens with zero attached hydrogens (tertiary/aromatic N) is 3. The van der Waals surface area contributed by atoms with Gasteiger partial charge in [-0.2, -0.15) is 5.10 Å². The van der Waals surface area contributed by atoms with Crippen molar-refractivity contribution in [2.75, 3.05) is 33.1 Å². The van der Waals surface area contributed by atoms with Crippen molar-refractivity contribution in [1.29, 1.82) is 0 Å². The molecule has 1 aliphatic carbocycles. The molecular formula is C23H29N5O3. The van der Waals surface area contributed by atoms with Gasteiger partial charge in [0.25, 0.3) is 0 Å². The van der Waals surface area contributed by atoms with Gasteiger partial charge in [0.05, 0.1) is 14.2 Å². The fourth-order valence-corrected chi connectivity index (χ4v) is 4.91. The molecule has 4 rings (SSSR count). The van der Waals surface area contributed by atoms with E-state index < -0.39 is 0 Å². The molecule has 2 aliphatic rings. The average molecular weight is 424 g/mol. The number of pyridine rings is 1. The lowest BCUT2D eigenvalue weighted by Gasteiger charge is -2.42. The molecule has 2 atom stereocenters. The van der Waals surface area contributed by atoms with Gasteiger partial charge in [0.15, 0.2) is 11.5 Å². The van der Waals surface area contributed by atoms with E-state index in [9.17, 15) is 4.79 Å². The molecule has 1 aromatic heterocycles.